The van der Waals surface area contributed by atoms with Crippen molar-refractivity contribution < 1.29 is 24.1 Å². The molecule has 0 aromatic heterocycles. The molecule has 1 rings (SSSR count). The van der Waals surface area contributed by atoms with Gasteiger partial charge in [-0.3, -0.25) is 0 Å². The first-order chi connectivity index (χ1) is 10.6. The lowest BCUT2D eigenvalue weighted by atomic mass is 9.93. The lowest BCUT2D eigenvalue weighted by Gasteiger charge is -2.22. The zero-order chi connectivity index (χ0) is 16.5. The highest BCUT2D eigenvalue weighted by atomic mass is 16.5. The number of aliphatic hydroxyl groups is 1. The summed E-state index contributed by atoms with van der Waals surface area (Å²) in [5, 5.41) is 8.70. The van der Waals surface area contributed by atoms with Crippen LogP contribution < -0.4 is 4.74 Å². The third kappa shape index (κ3) is 4.68. The molecule has 1 aromatic rings. The highest BCUT2D eigenvalue weighted by Gasteiger charge is 2.18. The van der Waals surface area contributed by atoms with Gasteiger partial charge in [-0.25, -0.2) is 0 Å². The summed E-state index contributed by atoms with van der Waals surface area (Å²) in [5.74, 6) is 0.872. The molecule has 5 heteroatoms. The van der Waals surface area contributed by atoms with E-state index in [1.165, 1.54) is 5.56 Å². The molecule has 5 nitrogen and oxygen atoms in total. The molecule has 1 aromatic carbocycles. The Labute approximate surface area is 133 Å². The highest BCUT2D eigenvalue weighted by molar-refractivity contribution is 5.54. The van der Waals surface area contributed by atoms with Gasteiger partial charge in [-0.1, -0.05) is 0 Å². The monoisotopic (exact) mass is 312 g/mol. The van der Waals surface area contributed by atoms with E-state index in [9.17, 15) is 0 Å². The lowest BCUT2D eigenvalue weighted by Crippen LogP contribution is -2.13. The average Bonchev–Trinajstić information content (AvgIpc) is 2.51. The SMILES string of the molecule is COCc1c(C)c(COC)c(C)c(OCCOCCO)c1C. The number of methoxy groups -OCH3 is 2. The first-order valence-electron chi connectivity index (χ1n) is 7.49. The number of rotatable bonds is 10. The zero-order valence-electron chi connectivity index (χ0n) is 14.3. The van der Waals surface area contributed by atoms with Crippen LogP contribution in [0.15, 0.2) is 0 Å². The van der Waals surface area contributed by atoms with E-state index in [2.05, 4.69) is 20.8 Å². The largest absolute Gasteiger partial charge is 0.491 e. The Kier molecular flexibility index (Phi) is 8.42. The van der Waals surface area contributed by atoms with Crippen LogP contribution in [0.25, 0.3) is 0 Å². The van der Waals surface area contributed by atoms with Crippen LogP contribution in [0.2, 0.25) is 0 Å². The predicted octanol–water partition coefficient (Wildman–Crippen LogP) is 2.29. The topological polar surface area (TPSA) is 57.2 Å². The van der Waals surface area contributed by atoms with Crippen molar-refractivity contribution in [2.45, 2.75) is 34.0 Å². The van der Waals surface area contributed by atoms with Crippen LogP contribution >= 0.6 is 0 Å². The zero-order valence-corrected chi connectivity index (χ0v) is 14.3. The third-order valence-corrected chi connectivity index (χ3v) is 3.78. The molecule has 0 heterocycles. The Morgan fingerprint density at radius 3 is 1.77 bits per heavy atom. The van der Waals surface area contributed by atoms with Crippen molar-refractivity contribution in [1.29, 1.82) is 0 Å². The van der Waals surface area contributed by atoms with Crippen molar-refractivity contribution >= 4 is 0 Å². The van der Waals surface area contributed by atoms with E-state index in [1.807, 2.05) is 0 Å². The van der Waals surface area contributed by atoms with Gasteiger partial charge in [0.25, 0.3) is 0 Å². The van der Waals surface area contributed by atoms with E-state index in [4.69, 9.17) is 24.1 Å². The quantitative estimate of drug-likeness (QED) is 0.672. The van der Waals surface area contributed by atoms with Crippen LogP contribution in [0.3, 0.4) is 0 Å². The van der Waals surface area contributed by atoms with Gasteiger partial charge in [0.1, 0.15) is 12.4 Å². The summed E-state index contributed by atoms with van der Waals surface area (Å²) in [7, 11) is 3.38. The minimum Gasteiger partial charge on any atom is -0.491 e. The van der Waals surface area contributed by atoms with Crippen molar-refractivity contribution in [3.8, 4) is 5.75 Å². The van der Waals surface area contributed by atoms with Crippen molar-refractivity contribution in [1.82, 2.24) is 0 Å². The van der Waals surface area contributed by atoms with Gasteiger partial charge in [0.05, 0.1) is 33.0 Å². The summed E-state index contributed by atoms with van der Waals surface area (Å²) in [6.45, 7) is 8.55. The molecule has 0 fully saturated rings. The maximum absolute atomic E-state index is 8.70. The molecule has 22 heavy (non-hydrogen) atoms. The van der Waals surface area contributed by atoms with Gasteiger partial charge in [0, 0.05) is 14.2 Å². The van der Waals surface area contributed by atoms with Gasteiger partial charge in [-0.2, -0.15) is 0 Å². The molecule has 0 amide bonds. The van der Waals surface area contributed by atoms with Gasteiger partial charge in [-0.05, 0) is 48.6 Å². The molecule has 0 bridgehead atoms. The van der Waals surface area contributed by atoms with Gasteiger partial charge in [-0.15, -0.1) is 0 Å². The van der Waals surface area contributed by atoms with Gasteiger partial charge < -0.3 is 24.1 Å². The molecule has 0 aliphatic rings. The fourth-order valence-corrected chi connectivity index (χ4v) is 2.61. The van der Waals surface area contributed by atoms with Crippen LogP contribution in [0.1, 0.15) is 27.8 Å². The van der Waals surface area contributed by atoms with Gasteiger partial charge >= 0.3 is 0 Å². The molecule has 0 atom stereocenters. The number of hydrogen-bond acceptors (Lipinski definition) is 5. The molecule has 0 unspecified atom stereocenters. The fraction of sp³-hybridized carbons (Fsp3) is 0.647. The fourth-order valence-electron chi connectivity index (χ4n) is 2.61. The van der Waals surface area contributed by atoms with E-state index < -0.39 is 0 Å². The summed E-state index contributed by atoms with van der Waals surface area (Å²) in [6.07, 6.45) is 0. The standard InChI is InChI=1S/C17H28O5/c1-12-15(10-19-4)13(2)17(14(3)16(12)11-20-5)22-9-8-21-7-6-18/h18H,6-11H2,1-5H3. The highest BCUT2D eigenvalue weighted by Crippen LogP contribution is 2.34. The molecular formula is C17H28O5. The average molecular weight is 312 g/mol. The maximum atomic E-state index is 8.70. The Morgan fingerprint density at radius 2 is 1.32 bits per heavy atom. The van der Waals surface area contributed by atoms with E-state index >= 15 is 0 Å². The van der Waals surface area contributed by atoms with Crippen molar-refractivity contribution in [2.24, 2.45) is 0 Å². The molecule has 126 valence electrons. The number of aliphatic hydroxyl groups excluding tert-OH is 1. The predicted molar refractivity (Wildman–Crippen MR) is 85.5 cm³/mol. The first kappa shape index (κ1) is 18.9. The Hall–Kier alpha value is -1.14. The maximum Gasteiger partial charge on any atom is 0.125 e. The molecule has 0 aliphatic carbocycles. The van der Waals surface area contributed by atoms with Gasteiger partial charge in [0.15, 0.2) is 0 Å². The van der Waals surface area contributed by atoms with Crippen LogP contribution in [0.5, 0.6) is 5.75 Å². The number of ether oxygens (including phenoxy) is 4. The molecule has 0 saturated heterocycles. The second-order valence-electron chi connectivity index (χ2n) is 5.21. The Balaban J connectivity index is 3.02. The van der Waals surface area contributed by atoms with E-state index in [1.54, 1.807) is 14.2 Å². The molecule has 0 saturated carbocycles. The lowest BCUT2D eigenvalue weighted by molar-refractivity contribution is 0.0700. The third-order valence-electron chi connectivity index (χ3n) is 3.78. The van der Waals surface area contributed by atoms with Crippen molar-refractivity contribution in [3.63, 3.8) is 0 Å². The summed E-state index contributed by atoms with van der Waals surface area (Å²) < 4.78 is 21.8. The van der Waals surface area contributed by atoms with Gasteiger partial charge in [0.2, 0.25) is 0 Å². The summed E-state index contributed by atoms with van der Waals surface area (Å²) >= 11 is 0. The molecular weight excluding hydrogens is 284 g/mol. The molecule has 0 radical (unpaired) electrons. The second-order valence-corrected chi connectivity index (χ2v) is 5.21. The smallest absolute Gasteiger partial charge is 0.125 e. The molecule has 1 N–H and O–H groups in total. The summed E-state index contributed by atoms with van der Waals surface area (Å²) in [4.78, 5) is 0. The number of hydrogen-bond donors (Lipinski definition) is 1. The van der Waals surface area contributed by atoms with Crippen LogP contribution in [-0.2, 0) is 27.4 Å². The first-order valence-corrected chi connectivity index (χ1v) is 7.49. The van der Waals surface area contributed by atoms with Crippen molar-refractivity contribution in [2.75, 3.05) is 40.6 Å². The minimum absolute atomic E-state index is 0.0264. The molecule has 0 aliphatic heterocycles. The van der Waals surface area contributed by atoms with Crippen LogP contribution in [-0.4, -0.2) is 45.8 Å². The van der Waals surface area contributed by atoms with E-state index in [-0.39, 0.29) is 6.61 Å². The Bertz CT molecular complexity index is 438. The van der Waals surface area contributed by atoms with Crippen molar-refractivity contribution in [3.05, 3.63) is 27.8 Å². The Morgan fingerprint density at radius 1 is 0.773 bits per heavy atom. The van der Waals surface area contributed by atoms with Crippen LogP contribution in [0, 0.1) is 20.8 Å². The number of benzene rings is 1. The van der Waals surface area contributed by atoms with Crippen LogP contribution in [0.4, 0.5) is 0 Å². The normalized spacial score (nSPS) is 11.0. The van der Waals surface area contributed by atoms with E-state index in [0.29, 0.717) is 33.0 Å². The second kappa shape index (κ2) is 9.79. The summed E-state index contributed by atoms with van der Waals surface area (Å²) in [5.41, 5.74) is 5.68. The molecule has 0 spiro atoms. The summed E-state index contributed by atoms with van der Waals surface area (Å²) in [6, 6.07) is 0. The van der Waals surface area contributed by atoms with E-state index in [0.717, 1.165) is 28.0 Å². The minimum atomic E-state index is 0.0264.